The van der Waals surface area contributed by atoms with Gasteiger partial charge in [-0.1, -0.05) is 41.4 Å². The average molecular weight is 386 g/mol. The molecular weight excluding hydrogens is 369 g/mol. The molecule has 0 radical (unpaired) electrons. The molecule has 0 saturated carbocycles. The molecule has 2 aromatic rings. The van der Waals surface area contributed by atoms with Crippen molar-refractivity contribution >= 4 is 38.9 Å². The second-order valence-electron chi connectivity index (χ2n) is 5.51. The molecule has 128 valence electrons. The minimum atomic E-state index is -3.24. The summed E-state index contributed by atoms with van der Waals surface area (Å²) in [5, 5.41) is 3.75. The fraction of sp³-hybridized carbons (Fsp3) is 0.235. The highest BCUT2D eigenvalue weighted by Gasteiger charge is 2.15. The molecule has 2 aromatic carbocycles. The third kappa shape index (κ3) is 4.72. The molecule has 0 spiro atoms. The van der Waals surface area contributed by atoms with Gasteiger partial charge in [-0.2, -0.15) is 0 Å². The van der Waals surface area contributed by atoms with Gasteiger partial charge in [0.05, 0.1) is 17.4 Å². The maximum atomic E-state index is 12.2. The van der Waals surface area contributed by atoms with E-state index in [2.05, 4.69) is 5.32 Å². The van der Waals surface area contributed by atoms with Crippen LogP contribution < -0.4 is 5.32 Å². The van der Waals surface area contributed by atoms with Crippen LogP contribution in [0.4, 0.5) is 0 Å². The predicted octanol–water partition coefficient (Wildman–Crippen LogP) is 3.82. The van der Waals surface area contributed by atoms with Crippen LogP contribution in [0.5, 0.6) is 0 Å². The topological polar surface area (TPSA) is 63.2 Å². The Bertz CT molecular complexity index is 828. The van der Waals surface area contributed by atoms with Crippen LogP contribution in [0.3, 0.4) is 0 Å². The van der Waals surface area contributed by atoms with Crippen LogP contribution in [-0.2, 0) is 21.1 Å². The molecule has 1 N–H and O–H groups in total. The normalized spacial score (nSPS) is 12.7. The molecule has 0 aliphatic carbocycles. The van der Waals surface area contributed by atoms with E-state index in [4.69, 9.17) is 23.2 Å². The summed E-state index contributed by atoms with van der Waals surface area (Å²) < 4.78 is 22.9. The monoisotopic (exact) mass is 385 g/mol. The zero-order chi connectivity index (χ0) is 17.9. The number of carbonyl (C=O) groups excluding carboxylic acids is 1. The zero-order valence-corrected chi connectivity index (χ0v) is 15.5. The largest absolute Gasteiger partial charge is 0.349 e. The van der Waals surface area contributed by atoms with E-state index in [0.29, 0.717) is 15.6 Å². The molecule has 0 aliphatic heterocycles. The van der Waals surface area contributed by atoms with Crippen molar-refractivity contribution in [2.45, 2.75) is 24.3 Å². The lowest BCUT2D eigenvalue weighted by Crippen LogP contribution is -2.28. The van der Waals surface area contributed by atoms with Crippen LogP contribution in [0.15, 0.2) is 47.4 Å². The first-order chi connectivity index (χ1) is 11.2. The van der Waals surface area contributed by atoms with Crippen LogP contribution in [0.25, 0.3) is 0 Å². The Morgan fingerprint density at radius 3 is 2.12 bits per heavy atom. The Hall–Kier alpha value is -1.56. The molecule has 0 aliphatic rings. The summed E-state index contributed by atoms with van der Waals surface area (Å²) in [5.41, 5.74) is 1.39. The van der Waals surface area contributed by atoms with E-state index in [9.17, 15) is 13.2 Å². The Labute approximate surface area is 151 Å². The first-order valence-electron chi connectivity index (χ1n) is 7.20. The van der Waals surface area contributed by atoms with E-state index in [1.165, 1.54) is 12.1 Å². The Kier molecular flexibility index (Phi) is 5.91. The van der Waals surface area contributed by atoms with Crippen molar-refractivity contribution in [1.82, 2.24) is 5.32 Å². The molecule has 0 bridgehead atoms. The summed E-state index contributed by atoms with van der Waals surface area (Å²) in [4.78, 5) is 12.4. The lowest BCUT2D eigenvalue weighted by atomic mass is 10.1. The van der Waals surface area contributed by atoms with E-state index in [-0.39, 0.29) is 23.3 Å². The van der Waals surface area contributed by atoms with Gasteiger partial charge in [0.25, 0.3) is 0 Å². The minimum absolute atomic E-state index is 0.0737. The number of hydrogen-bond donors (Lipinski definition) is 1. The molecule has 24 heavy (non-hydrogen) atoms. The quantitative estimate of drug-likeness (QED) is 0.850. The van der Waals surface area contributed by atoms with Crippen molar-refractivity contribution in [2.24, 2.45) is 0 Å². The van der Waals surface area contributed by atoms with Gasteiger partial charge in [0.1, 0.15) is 0 Å². The van der Waals surface area contributed by atoms with Gasteiger partial charge in [-0.25, -0.2) is 8.42 Å². The highest BCUT2D eigenvalue weighted by molar-refractivity contribution is 7.90. The number of benzene rings is 2. The molecule has 0 aromatic heterocycles. The zero-order valence-electron chi connectivity index (χ0n) is 13.2. The van der Waals surface area contributed by atoms with Crippen molar-refractivity contribution in [3.63, 3.8) is 0 Å². The van der Waals surface area contributed by atoms with Gasteiger partial charge in [-0.3, -0.25) is 4.79 Å². The van der Waals surface area contributed by atoms with Crippen LogP contribution >= 0.6 is 23.2 Å². The Morgan fingerprint density at radius 1 is 1.08 bits per heavy atom. The van der Waals surface area contributed by atoms with Gasteiger partial charge in [-0.05, 0) is 42.3 Å². The standard InChI is InChI=1S/C17H17Cl2NO3S/c1-11(12-6-8-13(9-7-12)24(2,22)23)20-17(21)10-14-15(18)4-3-5-16(14)19/h3-9,11H,10H2,1-2H3,(H,20,21). The number of hydrogen-bond acceptors (Lipinski definition) is 3. The number of amides is 1. The smallest absolute Gasteiger partial charge is 0.225 e. The Balaban J connectivity index is 2.06. The highest BCUT2D eigenvalue weighted by Crippen LogP contribution is 2.25. The predicted molar refractivity (Wildman–Crippen MR) is 96.3 cm³/mol. The van der Waals surface area contributed by atoms with Crippen molar-refractivity contribution in [2.75, 3.05) is 6.26 Å². The minimum Gasteiger partial charge on any atom is -0.349 e. The number of sulfone groups is 1. The van der Waals surface area contributed by atoms with E-state index in [1.807, 2.05) is 6.92 Å². The molecule has 4 nitrogen and oxygen atoms in total. The van der Waals surface area contributed by atoms with Gasteiger partial charge in [0, 0.05) is 16.3 Å². The second-order valence-corrected chi connectivity index (χ2v) is 8.34. The van der Waals surface area contributed by atoms with Gasteiger partial charge in [0.2, 0.25) is 5.91 Å². The fourth-order valence-electron chi connectivity index (χ4n) is 2.24. The molecule has 7 heteroatoms. The highest BCUT2D eigenvalue weighted by atomic mass is 35.5. The summed E-state index contributed by atoms with van der Waals surface area (Å²) >= 11 is 12.1. The third-order valence-corrected chi connectivity index (χ3v) is 5.42. The molecule has 0 heterocycles. The van der Waals surface area contributed by atoms with Crippen LogP contribution in [0.2, 0.25) is 10.0 Å². The number of halogens is 2. The molecule has 0 fully saturated rings. The van der Waals surface area contributed by atoms with E-state index >= 15 is 0 Å². The number of rotatable bonds is 5. The molecule has 1 unspecified atom stereocenters. The van der Waals surface area contributed by atoms with Crippen molar-refractivity contribution in [1.29, 1.82) is 0 Å². The summed E-state index contributed by atoms with van der Waals surface area (Å²) in [6, 6.07) is 11.2. The fourth-order valence-corrected chi connectivity index (χ4v) is 3.40. The van der Waals surface area contributed by atoms with Gasteiger partial charge in [0.15, 0.2) is 9.84 Å². The summed E-state index contributed by atoms with van der Waals surface area (Å²) in [5.74, 6) is -0.218. The van der Waals surface area contributed by atoms with Gasteiger partial charge < -0.3 is 5.32 Å². The molecular formula is C17H17Cl2NO3S. The summed E-state index contributed by atoms with van der Waals surface area (Å²) in [7, 11) is -3.24. The summed E-state index contributed by atoms with van der Waals surface area (Å²) in [6.07, 6.45) is 1.23. The second kappa shape index (κ2) is 7.55. The molecule has 2 rings (SSSR count). The lowest BCUT2D eigenvalue weighted by molar-refractivity contribution is -0.121. The van der Waals surface area contributed by atoms with E-state index in [0.717, 1.165) is 11.8 Å². The molecule has 0 saturated heterocycles. The number of carbonyl (C=O) groups is 1. The maximum absolute atomic E-state index is 12.2. The van der Waals surface area contributed by atoms with Crippen molar-refractivity contribution in [3.05, 3.63) is 63.6 Å². The van der Waals surface area contributed by atoms with Gasteiger partial charge >= 0.3 is 0 Å². The lowest BCUT2D eigenvalue weighted by Gasteiger charge is -2.15. The SMILES string of the molecule is CC(NC(=O)Cc1c(Cl)cccc1Cl)c1ccc(S(C)(=O)=O)cc1. The van der Waals surface area contributed by atoms with Crippen LogP contribution in [-0.4, -0.2) is 20.6 Å². The number of nitrogens with one attached hydrogen (secondary N) is 1. The first-order valence-corrected chi connectivity index (χ1v) is 9.85. The Morgan fingerprint density at radius 2 is 1.62 bits per heavy atom. The van der Waals surface area contributed by atoms with E-state index < -0.39 is 9.84 Å². The van der Waals surface area contributed by atoms with E-state index in [1.54, 1.807) is 30.3 Å². The maximum Gasteiger partial charge on any atom is 0.225 e. The molecule has 1 atom stereocenters. The van der Waals surface area contributed by atoms with Crippen LogP contribution in [0, 0.1) is 0 Å². The van der Waals surface area contributed by atoms with Crippen molar-refractivity contribution < 1.29 is 13.2 Å². The van der Waals surface area contributed by atoms with Crippen molar-refractivity contribution in [3.8, 4) is 0 Å². The summed E-state index contributed by atoms with van der Waals surface area (Å²) in [6.45, 7) is 1.82. The first kappa shape index (κ1) is 18.8. The molecule has 1 amide bonds. The average Bonchev–Trinajstić information content (AvgIpc) is 2.50. The van der Waals surface area contributed by atoms with Crippen LogP contribution in [0.1, 0.15) is 24.1 Å². The van der Waals surface area contributed by atoms with Gasteiger partial charge in [-0.15, -0.1) is 0 Å². The third-order valence-electron chi connectivity index (χ3n) is 3.58.